The van der Waals surface area contributed by atoms with Gasteiger partial charge >= 0.3 is 0 Å². The number of nitrogens with one attached hydrogen (secondary N) is 2. The van der Waals surface area contributed by atoms with Gasteiger partial charge in [0.2, 0.25) is 0 Å². The van der Waals surface area contributed by atoms with E-state index in [1.807, 2.05) is 13.0 Å². The lowest BCUT2D eigenvalue weighted by molar-refractivity contribution is 0.391. The van der Waals surface area contributed by atoms with Gasteiger partial charge < -0.3 is 15.0 Å². The molecule has 0 bridgehead atoms. The molecule has 152 valence electrons. The largest absolute Gasteiger partial charge is 0.495 e. The second-order valence-corrected chi connectivity index (χ2v) is 9.81. The van der Waals surface area contributed by atoms with Crippen LogP contribution >= 0.6 is 15.9 Å². The van der Waals surface area contributed by atoms with E-state index in [1.165, 1.54) is 0 Å². The molecule has 6 nitrogen and oxygen atoms in total. The van der Waals surface area contributed by atoms with Gasteiger partial charge in [-0.3, -0.25) is 4.72 Å². The highest BCUT2D eigenvalue weighted by Gasteiger charge is 2.24. The van der Waals surface area contributed by atoms with E-state index in [0.717, 1.165) is 34.6 Å². The molecule has 0 unspecified atom stereocenters. The maximum absolute atomic E-state index is 12.8. The van der Waals surface area contributed by atoms with Crippen LogP contribution < -0.4 is 19.7 Å². The summed E-state index contributed by atoms with van der Waals surface area (Å²) in [5.41, 5.74) is 2.26. The number of methoxy groups -OCH3 is 1. The minimum absolute atomic E-state index is 0.231. The molecule has 28 heavy (non-hydrogen) atoms. The SMILES string of the molecule is COc1ccc(NS(=O)(=O)c2ccc(Br)c(C)c2)cc1N1C[C@@H](C)N[C@@H](C)C1. The first kappa shape index (κ1) is 21.0. The summed E-state index contributed by atoms with van der Waals surface area (Å²) >= 11 is 3.40. The van der Waals surface area contributed by atoms with E-state index < -0.39 is 10.0 Å². The molecule has 0 saturated carbocycles. The van der Waals surface area contributed by atoms with Gasteiger partial charge in [0.15, 0.2) is 0 Å². The highest BCUT2D eigenvalue weighted by atomic mass is 79.9. The van der Waals surface area contributed by atoms with Gasteiger partial charge in [-0.2, -0.15) is 0 Å². The van der Waals surface area contributed by atoms with Gasteiger partial charge in [0.25, 0.3) is 10.0 Å². The summed E-state index contributed by atoms with van der Waals surface area (Å²) in [5.74, 6) is 0.726. The molecule has 0 radical (unpaired) electrons. The summed E-state index contributed by atoms with van der Waals surface area (Å²) in [6.07, 6.45) is 0. The molecule has 2 aromatic rings. The lowest BCUT2D eigenvalue weighted by atomic mass is 10.1. The van der Waals surface area contributed by atoms with Crippen LogP contribution in [0.1, 0.15) is 19.4 Å². The fourth-order valence-electron chi connectivity index (χ4n) is 3.52. The van der Waals surface area contributed by atoms with Crippen LogP contribution in [-0.4, -0.2) is 40.7 Å². The van der Waals surface area contributed by atoms with E-state index >= 15 is 0 Å². The number of hydrogen-bond acceptors (Lipinski definition) is 5. The van der Waals surface area contributed by atoms with E-state index in [1.54, 1.807) is 37.4 Å². The number of nitrogens with zero attached hydrogens (tertiary/aromatic N) is 1. The molecule has 1 heterocycles. The summed E-state index contributed by atoms with van der Waals surface area (Å²) in [6.45, 7) is 7.78. The Labute approximate surface area is 175 Å². The fourth-order valence-corrected chi connectivity index (χ4v) is 4.90. The quantitative estimate of drug-likeness (QED) is 0.700. The van der Waals surface area contributed by atoms with E-state index in [-0.39, 0.29) is 4.90 Å². The first-order valence-electron chi connectivity index (χ1n) is 9.17. The first-order chi connectivity index (χ1) is 13.2. The number of anilines is 2. The standard InChI is InChI=1S/C20H26BrN3O3S/c1-13-9-17(6-7-18(13)21)28(25,26)23-16-5-8-20(27-4)19(10-16)24-11-14(2)22-15(3)12-24/h5-10,14-15,22-23H,11-12H2,1-4H3/t14-,15+. The summed E-state index contributed by atoms with van der Waals surface area (Å²) in [5, 5.41) is 3.50. The van der Waals surface area contributed by atoms with Crippen molar-refractivity contribution >= 4 is 37.3 Å². The molecule has 0 spiro atoms. The van der Waals surface area contributed by atoms with Crippen LogP contribution in [0.25, 0.3) is 0 Å². The smallest absolute Gasteiger partial charge is 0.261 e. The third-order valence-corrected chi connectivity index (χ3v) is 7.04. The molecule has 8 heteroatoms. The number of hydrogen-bond donors (Lipinski definition) is 2. The zero-order valence-corrected chi connectivity index (χ0v) is 18.9. The van der Waals surface area contributed by atoms with Crippen molar-refractivity contribution in [2.24, 2.45) is 0 Å². The van der Waals surface area contributed by atoms with Crippen LogP contribution in [0.15, 0.2) is 45.8 Å². The molecule has 0 aliphatic carbocycles. The van der Waals surface area contributed by atoms with Gasteiger partial charge in [0.05, 0.1) is 23.4 Å². The van der Waals surface area contributed by atoms with Crippen molar-refractivity contribution in [3.8, 4) is 5.75 Å². The van der Waals surface area contributed by atoms with Crippen LogP contribution in [0.2, 0.25) is 0 Å². The Kier molecular flexibility index (Phi) is 6.21. The first-order valence-corrected chi connectivity index (χ1v) is 11.4. The van der Waals surface area contributed by atoms with Gasteiger partial charge in [-0.25, -0.2) is 8.42 Å². The Morgan fingerprint density at radius 2 is 1.82 bits per heavy atom. The molecule has 1 aliphatic heterocycles. The van der Waals surface area contributed by atoms with Crippen LogP contribution in [0.3, 0.4) is 0 Å². The highest BCUT2D eigenvalue weighted by molar-refractivity contribution is 9.10. The Morgan fingerprint density at radius 3 is 2.43 bits per heavy atom. The lowest BCUT2D eigenvalue weighted by Gasteiger charge is -2.38. The molecule has 0 amide bonds. The summed E-state index contributed by atoms with van der Waals surface area (Å²) in [6, 6.07) is 11.0. The molecule has 1 aliphatic rings. The molecule has 0 aromatic heterocycles. The van der Waals surface area contributed by atoms with E-state index in [0.29, 0.717) is 17.8 Å². The molecule has 1 fully saturated rings. The van der Waals surface area contributed by atoms with Crippen molar-refractivity contribution in [3.63, 3.8) is 0 Å². The van der Waals surface area contributed by atoms with Gasteiger partial charge in [-0.15, -0.1) is 0 Å². The third kappa shape index (κ3) is 4.61. The Bertz CT molecular complexity index is 955. The van der Waals surface area contributed by atoms with Crippen molar-refractivity contribution in [1.29, 1.82) is 0 Å². The number of benzene rings is 2. The Hall–Kier alpha value is -1.77. The molecule has 3 rings (SSSR count). The highest BCUT2D eigenvalue weighted by Crippen LogP contribution is 2.33. The van der Waals surface area contributed by atoms with E-state index in [4.69, 9.17) is 4.74 Å². The van der Waals surface area contributed by atoms with Crippen molar-refractivity contribution in [2.75, 3.05) is 29.8 Å². The van der Waals surface area contributed by atoms with Crippen LogP contribution in [0.5, 0.6) is 5.75 Å². The van der Waals surface area contributed by atoms with Crippen molar-refractivity contribution in [3.05, 3.63) is 46.4 Å². The number of piperazine rings is 1. The predicted molar refractivity (Wildman–Crippen MR) is 117 cm³/mol. The topological polar surface area (TPSA) is 70.7 Å². The second-order valence-electron chi connectivity index (χ2n) is 7.28. The summed E-state index contributed by atoms with van der Waals surface area (Å²) in [4.78, 5) is 2.46. The van der Waals surface area contributed by atoms with Crippen molar-refractivity contribution in [1.82, 2.24) is 5.32 Å². The van der Waals surface area contributed by atoms with Crippen molar-refractivity contribution < 1.29 is 13.2 Å². The van der Waals surface area contributed by atoms with Gasteiger partial charge in [0.1, 0.15) is 5.75 Å². The molecular formula is C20H26BrN3O3S. The summed E-state index contributed by atoms with van der Waals surface area (Å²) < 4.78 is 34.8. The minimum atomic E-state index is -3.68. The number of sulfonamides is 1. The maximum Gasteiger partial charge on any atom is 0.261 e. The second kappa shape index (κ2) is 8.31. The van der Waals surface area contributed by atoms with Crippen LogP contribution in [0, 0.1) is 6.92 Å². The average molecular weight is 468 g/mol. The Balaban J connectivity index is 1.91. The van der Waals surface area contributed by atoms with E-state index in [2.05, 4.69) is 44.7 Å². The van der Waals surface area contributed by atoms with Gasteiger partial charge in [-0.1, -0.05) is 15.9 Å². The van der Waals surface area contributed by atoms with Crippen LogP contribution in [-0.2, 0) is 10.0 Å². The zero-order valence-electron chi connectivity index (χ0n) is 16.5. The number of ether oxygens (including phenoxy) is 1. The van der Waals surface area contributed by atoms with Crippen LogP contribution in [0.4, 0.5) is 11.4 Å². The number of rotatable bonds is 5. The van der Waals surface area contributed by atoms with E-state index in [9.17, 15) is 8.42 Å². The van der Waals surface area contributed by atoms with Gasteiger partial charge in [0, 0.05) is 29.6 Å². The monoisotopic (exact) mass is 467 g/mol. The summed E-state index contributed by atoms with van der Waals surface area (Å²) in [7, 11) is -2.06. The molecule has 2 N–H and O–H groups in total. The number of halogens is 1. The van der Waals surface area contributed by atoms with Crippen molar-refractivity contribution in [2.45, 2.75) is 37.8 Å². The fraction of sp³-hybridized carbons (Fsp3) is 0.400. The normalized spacial score (nSPS) is 20.1. The molecule has 2 aromatic carbocycles. The zero-order chi connectivity index (χ0) is 20.5. The maximum atomic E-state index is 12.8. The minimum Gasteiger partial charge on any atom is -0.495 e. The molecule has 2 atom stereocenters. The predicted octanol–water partition coefficient (Wildman–Crippen LogP) is 3.75. The Morgan fingerprint density at radius 1 is 1.14 bits per heavy atom. The average Bonchev–Trinajstić information content (AvgIpc) is 2.62. The number of aryl methyl sites for hydroxylation is 1. The molecule has 1 saturated heterocycles. The lowest BCUT2D eigenvalue weighted by Crippen LogP contribution is -2.54. The van der Waals surface area contributed by atoms with Gasteiger partial charge in [-0.05, 0) is 62.7 Å². The molecular weight excluding hydrogens is 442 g/mol. The third-order valence-electron chi connectivity index (χ3n) is 4.77.